The summed E-state index contributed by atoms with van der Waals surface area (Å²) in [6.45, 7) is 11.6. The summed E-state index contributed by atoms with van der Waals surface area (Å²) in [7, 11) is 17.5. The molecule has 0 aliphatic rings. The molecular weight excluding hydrogens is 1610 g/mol. The van der Waals surface area contributed by atoms with Crippen LogP contribution in [0.25, 0.3) is 33.5 Å². The van der Waals surface area contributed by atoms with Crippen LogP contribution < -0.4 is 52.6 Å². The zero-order chi connectivity index (χ0) is 82.4. The summed E-state index contributed by atoms with van der Waals surface area (Å²) in [6.07, 6.45) is 10.8. The number of imidazole rings is 3. The number of carboxylic acids is 1. The number of fused-ring (bicyclic) bond motifs is 3. The number of hydrogen-bond acceptors (Lipinski definition) is 32. The number of aromatic carboxylic acids is 1. The first kappa shape index (κ1) is 99.6. The summed E-state index contributed by atoms with van der Waals surface area (Å²) in [4.78, 5) is 107. The number of rotatable bonds is 16. The molecule has 0 aliphatic heterocycles. The molecule has 12 aromatic rings. The van der Waals surface area contributed by atoms with Crippen LogP contribution in [0.5, 0.6) is 0 Å². The molecule has 111 heavy (non-hydrogen) atoms. The van der Waals surface area contributed by atoms with Gasteiger partial charge in [0, 0.05) is 156 Å². The quantitative estimate of drug-likeness (QED) is 0.0398. The van der Waals surface area contributed by atoms with Crippen molar-refractivity contribution in [1.29, 1.82) is 0 Å². The van der Waals surface area contributed by atoms with Gasteiger partial charge in [0.2, 0.25) is 18.3 Å². The number of carbonyl (C=O) groups excluding carboxylic acids is 1. The number of hydrogen-bond donors (Lipinski definition) is 4. The standard InChI is InChI=1S/2C13H15N5O3.C7H8N4O2.C7H11NO4S.C7H9NO3.C6H7NO3.C6H9NO2.CH3ClO2S.CH4O.Al.Cl2OS.Li.4H/c2*1-4-9-5-8(15-21-9)6-18-12(19)10-11(14-7-16(10)2)17(3)13(18)20;1-10-3-8-5-4(10)6(12)9-7(13)11(5)2;1-3-7-4-6(8-12-7)5-11-13(2,9)10;1-3-5-4-6(8-11-5)7(9)10-2;1-2-4-3-5(6(8)9)7-10-4;1-2-6-3-5(4-8)7-9-6;1-5(2,3)4;1-2;;1-4(2)3;;;;;/h2*5,7H,4,6H2,1-3H3;3H,1-2H3,(H,9,12,13);4H,3,5H2,1-2H3;4H,3H2,1-2H3;3H,2H2,1H3,(H,8,9);3,8H,2,4H2,1H3;1H3;2H,1H3;;;;;;;/q;;;;;;;;;;;+1;;;;-1. The Morgan fingerprint density at radius 3 is 1.16 bits per heavy atom. The number of halogens is 3. The van der Waals surface area contributed by atoms with Gasteiger partial charge in [0.15, 0.2) is 62.2 Å². The van der Waals surface area contributed by atoms with E-state index in [1.807, 2.05) is 41.5 Å². The van der Waals surface area contributed by atoms with Gasteiger partial charge in [-0.1, -0.05) is 72.5 Å². The van der Waals surface area contributed by atoms with Crippen LogP contribution in [0.3, 0.4) is 0 Å². The minimum atomic E-state index is -3.40. The predicted octanol–water partition coefficient (Wildman–Crippen LogP) is -0.805. The molecule has 0 fully saturated rings. The number of aromatic amines is 1. The molecule has 0 atom stereocenters. The smallest absolute Gasteiger partial charge is 1.00 e. The zero-order valence-electron chi connectivity index (χ0n) is 63.6. The molecule has 0 amide bonds. The average molecular weight is 1690 g/mol. The molecule has 0 aromatic carbocycles. The SMILES string of the molecule is CCc1cc(C(=O)O)no1.CCc1cc(C(=O)OC)no1.CCc1cc(CO)no1.CCc1cc(COS(C)(=O)=O)no1.CCc1cc(Cn2c(=O)c3c(ncn3C)n(C)c2=O)no1.CCc1cc(Cn2c(=O)c3c(ncn3C)n(C)c2=O)no1.CO.CS(=O)(=O)Cl.Cn1cnc2c1c(=O)[nH]c(=O)n2C.O=S(Cl)Cl.[AlH3].[H-].[Li+]. The van der Waals surface area contributed by atoms with Crippen LogP contribution in [-0.2, 0) is 144 Å². The molecule has 606 valence electrons. The molecule has 0 radical (unpaired) electrons. The van der Waals surface area contributed by atoms with E-state index in [1.165, 1.54) is 45.9 Å². The molecule has 0 saturated heterocycles. The third kappa shape index (κ3) is 31.0. The number of aryl methyl sites for hydroxylation is 12. The van der Waals surface area contributed by atoms with Gasteiger partial charge in [0.05, 0.1) is 58.3 Å². The van der Waals surface area contributed by atoms with E-state index in [4.69, 9.17) is 42.1 Å². The predicted molar refractivity (Wildman–Crippen MR) is 404 cm³/mol. The number of carboxylic acid groups (broad SMARTS) is 1. The minimum absolute atomic E-state index is 0. The monoisotopic (exact) mass is 1690 g/mol. The van der Waals surface area contributed by atoms with Crippen molar-refractivity contribution in [1.82, 2.24) is 87.4 Å². The van der Waals surface area contributed by atoms with E-state index < -0.39 is 63.0 Å². The molecule has 0 bridgehead atoms. The van der Waals surface area contributed by atoms with Crippen LogP contribution in [0, 0.1) is 0 Å². The molecule has 0 unspecified atom stereocenters. The maximum atomic E-state index is 12.5. The van der Waals surface area contributed by atoms with Crippen molar-refractivity contribution >= 4 is 123 Å². The van der Waals surface area contributed by atoms with Crippen molar-refractivity contribution in [3.05, 3.63) is 187 Å². The van der Waals surface area contributed by atoms with E-state index in [0.29, 0.717) is 92.8 Å². The molecule has 12 rings (SSSR count). The van der Waals surface area contributed by atoms with Gasteiger partial charge >= 0.3 is 47.9 Å². The van der Waals surface area contributed by atoms with Gasteiger partial charge in [0.25, 0.3) is 26.8 Å². The Morgan fingerprint density at radius 2 is 0.847 bits per heavy atom. The van der Waals surface area contributed by atoms with Crippen molar-refractivity contribution in [2.45, 2.75) is 106 Å². The second kappa shape index (κ2) is 47.7. The van der Waals surface area contributed by atoms with Crippen molar-refractivity contribution in [3.8, 4) is 0 Å². The Balaban J connectivity index is 0.00000127. The van der Waals surface area contributed by atoms with Gasteiger partial charge in [0.1, 0.15) is 63.9 Å². The molecule has 50 heteroatoms. The number of esters is 1. The van der Waals surface area contributed by atoms with E-state index in [0.717, 1.165) is 65.3 Å². The number of nitrogens with zero attached hydrogens (tertiary/aromatic N) is 17. The first-order chi connectivity index (χ1) is 51.3. The van der Waals surface area contributed by atoms with Gasteiger partial charge < -0.3 is 62.3 Å². The van der Waals surface area contributed by atoms with Gasteiger partial charge in [-0.05, 0) is 0 Å². The van der Waals surface area contributed by atoms with Gasteiger partial charge in [-0.15, -0.1) is 0 Å². The molecule has 0 aliphatic carbocycles. The second-order valence-corrected chi connectivity index (χ2v) is 29.0. The largest absolute Gasteiger partial charge is 1.00 e. The van der Waals surface area contributed by atoms with Gasteiger partial charge in [-0.3, -0.25) is 46.4 Å². The van der Waals surface area contributed by atoms with Crippen LogP contribution in [0.15, 0.2) is 111 Å². The number of nitrogens with one attached hydrogen (secondary N) is 1. The number of aliphatic hydroxyl groups is 2. The number of aromatic nitrogens is 18. The summed E-state index contributed by atoms with van der Waals surface area (Å²) < 4.78 is 98.4. The summed E-state index contributed by atoms with van der Waals surface area (Å²) in [5.41, 5.74) is 2.25. The van der Waals surface area contributed by atoms with Crippen LogP contribution in [-0.4, -0.2) is 180 Å². The number of ether oxygens (including phenoxy) is 1. The van der Waals surface area contributed by atoms with E-state index in [-0.39, 0.29) is 86.5 Å². The first-order valence-corrected chi connectivity index (χ1v) is 39.0. The minimum Gasteiger partial charge on any atom is -1.00 e. The molecule has 0 spiro atoms. The Hall–Kier alpha value is -9.42. The third-order valence-corrected chi connectivity index (χ3v) is 14.4. The fourth-order valence-electron chi connectivity index (χ4n) is 8.47. The number of aliphatic hydroxyl groups excluding tert-OH is 2. The maximum absolute atomic E-state index is 12.5. The van der Waals surface area contributed by atoms with Crippen molar-refractivity contribution in [3.63, 3.8) is 0 Å². The molecule has 42 nitrogen and oxygen atoms in total. The number of carbonyl (C=O) groups is 2. The topological polar surface area (TPSA) is 551 Å². The van der Waals surface area contributed by atoms with E-state index in [9.17, 15) is 55.2 Å². The number of H-pyrrole nitrogens is 1. The van der Waals surface area contributed by atoms with Crippen LogP contribution in [0.2, 0.25) is 0 Å². The molecule has 12 heterocycles. The average Bonchev–Trinajstić information content (AvgIpc) is 1.57. The van der Waals surface area contributed by atoms with Crippen molar-refractivity contribution in [2.24, 2.45) is 42.3 Å². The van der Waals surface area contributed by atoms with Gasteiger partial charge in [-0.25, -0.2) is 51.6 Å². The fraction of sp³-hybridized carbons (Fsp3) is 0.426. The summed E-state index contributed by atoms with van der Waals surface area (Å²) in [5.74, 6) is 2.74. The number of methoxy groups -OCH3 is 1. The molecule has 4 N–H and O–H groups in total. The Labute approximate surface area is 670 Å². The fourth-order valence-corrected chi connectivity index (χ4v) is 8.80. The van der Waals surface area contributed by atoms with E-state index >= 15 is 0 Å². The van der Waals surface area contributed by atoms with Crippen LogP contribution >= 0.6 is 32.0 Å². The van der Waals surface area contributed by atoms with Crippen LogP contribution in [0.4, 0.5) is 0 Å². The first-order valence-electron chi connectivity index (χ1n) is 31.6. The second-order valence-electron chi connectivity index (χ2n) is 21.8. The third-order valence-electron chi connectivity index (χ3n) is 13.9. The summed E-state index contributed by atoms with van der Waals surface area (Å²) >= 11 is 0. The maximum Gasteiger partial charge on any atom is 1.00 e. The van der Waals surface area contributed by atoms with Gasteiger partial charge in [-0.2, -0.15) is 8.42 Å². The van der Waals surface area contributed by atoms with Crippen molar-refractivity contribution < 1.29 is 102 Å². The zero-order valence-corrected chi connectivity index (χ0v) is 67.4. The molecule has 12 aromatic heterocycles. The molecular formula is C61H85AlCl3LiN18O24S3. The summed E-state index contributed by atoms with van der Waals surface area (Å²) in [5, 5.41) is 45.7. The Morgan fingerprint density at radius 1 is 0.541 bits per heavy atom. The Kier molecular flexibility index (Phi) is 42.8. The molecule has 0 saturated carbocycles. The Bertz CT molecular complexity index is 5430. The van der Waals surface area contributed by atoms with Crippen molar-refractivity contribution in [2.75, 3.05) is 26.7 Å². The normalized spacial score (nSPS) is 10.5. The van der Waals surface area contributed by atoms with Crippen LogP contribution in [0.1, 0.15) is 121 Å². The van der Waals surface area contributed by atoms with E-state index in [1.54, 1.807) is 86.3 Å². The summed E-state index contributed by atoms with van der Waals surface area (Å²) in [6, 6.07) is 9.91. The van der Waals surface area contributed by atoms with E-state index in [2.05, 4.69) is 96.4 Å².